The summed E-state index contributed by atoms with van der Waals surface area (Å²) in [6.45, 7) is 1.86. The Morgan fingerprint density at radius 2 is 2.36 bits per heavy atom. The summed E-state index contributed by atoms with van der Waals surface area (Å²) in [4.78, 5) is 14.7. The zero-order chi connectivity index (χ0) is 10.1. The van der Waals surface area contributed by atoms with Gasteiger partial charge in [0.2, 0.25) is 0 Å². The van der Waals surface area contributed by atoms with Crippen molar-refractivity contribution in [3.8, 4) is 5.75 Å². The van der Waals surface area contributed by atoms with Crippen LogP contribution in [0.25, 0.3) is 10.2 Å². The molecule has 1 aromatic carbocycles. The average molecular weight is 208 g/mol. The van der Waals surface area contributed by atoms with E-state index in [4.69, 9.17) is 10.5 Å². The van der Waals surface area contributed by atoms with E-state index in [1.165, 1.54) is 0 Å². The predicted octanol–water partition coefficient (Wildman–Crippen LogP) is 2.06. The fourth-order valence-electron chi connectivity index (χ4n) is 1.20. The van der Waals surface area contributed by atoms with E-state index in [0.29, 0.717) is 5.75 Å². The molecule has 0 aliphatic rings. The summed E-state index contributed by atoms with van der Waals surface area (Å²) in [5.41, 5.74) is 8.37. The van der Waals surface area contributed by atoms with Gasteiger partial charge >= 0.3 is 6.09 Å². The summed E-state index contributed by atoms with van der Waals surface area (Å²) in [6, 6.07) is 3.64. The molecular formula is C9H8N2O2S. The van der Waals surface area contributed by atoms with Gasteiger partial charge in [-0.2, -0.15) is 0 Å². The van der Waals surface area contributed by atoms with Crippen LogP contribution in [0.2, 0.25) is 0 Å². The SMILES string of the molecule is Cc1cc2scnc2cc1OC(N)=O. The highest BCUT2D eigenvalue weighted by atomic mass is 32.1. The van der Waals surface area contributed by atoms with Crippen LogP contribution in [0.3, 0.4) is 0 Å². The first-order valence-electron chi connectivity index (χ1n) is 3.98. The Balaban J connectivity index is 2.53. The fraction of sp³-hybridized carbons (Fsp3) is 0.111. The zero-order valence-electron chi connectivity index (χ0n) is 7.48. The molecule has 0 atom stereocenters. The van der Waals surface area contributed by atoms with Crippen LogP contribution in [0.4, 0.5) is 4.79 Å². The Bertz CT molecular complexity index is 493. The maximum Gasteiger partial charge on any atom is 0.409 e. The maximum atomic E-state index is 10.6. The Kier molecular flexibility index (Phi) is 2.09. The van der Waals surface area contributed by atoms with Crippen molar-refractivity contribution in [2.45, 2.75) is 6.92 Å². The van der Waals surface area contributed by atoms with Crippen LogP contribution in [-0.4, -0.2) is 11.1 Å². The first-order valence-corrected chi connectivity index (χ1v) is 4.86. The second-order valence-electron chi connectivity index (χ2n) is 2.86. The van der Waals surface area contributed by atoms with Crippen molar-refractivity contribution in [2.24, 2.45) is 5.73 Å². The number of carbonyl (C=O) groups excluding carboxylic acids is 1. The number of primary amides is 1. The third-order valence-electron chi connectivity index (χ3n) is 1.84. The molecule has 14 heavy (non-hydrogen) atoms. The number of aromatic nitrogens is 1. The molecule has 1 heterocycles. The van der Waals surface area contributed by atoms with Crippen LogP contribution < -0.4 is 10.5 Å². The third-order valence-corrected chi connectivity index (χ3v) is 2.63. The second-order valence-corrected chi connectivity index (χ2v) is 3.75. The van der Waals surface area contributed by atoms with E-state index in [0.717, 1.165) is 15.8 Å². The molecule has 5 heteroatoms. The van der Waals surface area contributed by atoms with Gasteiger partial charge in [0.1, 0.15) is 5.75 Å². The highest BCUT2D eigenvalue weighted by molar-refractivity contribution is 7.16. The number of amides is 1. The van der Waals surface area contributed by atoms with E-state index in [1.54, 1.807) is 22.9 Å². The summed E-state index contributed by atoms with van der Waals surface area (Å²) in [5.74, 6) is 0.468. The van der Waals surface area contributed by atoms with E-state index in [-0.39, 0.29) is 0 Å². The summed E-state index contributed by atoms with van der Waals surface area (Å²) >= 11 is 1.55. The monoisotopic (exact) mass is 208 g/mol. The topological polar surface area (TPSA) is 65.2 Å². The van der Waals surface area contributed by atoms with E-state index in [2.05, 4.69) is 4.98 Å². The Morgan fingerprint density at radius 3 is 3.07 bits per heavy atom. The first-order chi connectivity index (χ1) is 6.66. The van der Waals surface area contributed by atoms with Crippen molar-refractivity contribution in [2.75, 3.05) is 0 Å². The van der Waals surface area contributed by atoms with E-state index < -0.39 is 6.09 Å². The van der Waals surface area contributed by atoms with Gasteiger partial charge in [-0.1, -0.05) is 0 Å². The molecule has 0 saturated heterocycles. The fourth-order valence-corrected chi connectivity index (χ4v) is 1.96. The van der Waals surface area contributed by atoms with Crippen LogP contribution in [-0.2, 0) is 0 Å². The van der Waals surface area contributed by atoms with E-state index in [9.17, 15) is 4.79 Å². The summed E-state index contributed by atoms with van der Waals surface area (Å²) in [5, 5.41) is 0. The minimum absolute atomic E-state index is 0.468. The minimum atomic E-state index is -0.803. The minimum Gasteiger partial charge on any atom is -0.410 e. The third kappa shape index (κ3) is 1.54. The van der Waals surface area contributed by atoms with Crippen LogP contribution in [0.15, 0.2) is 17.6 Å². The molecule has 1 amide bonds. The Labute approximate surface area is 84.3 Å². The number of nitrogens with two attached hydrogens (primary N) is 1. The summed E-state index contributed by atoms with van der Waals surface area (Å²) in [7, 11) is 0. The molecule has 4 nitrogen and oxygen atoms in total. The summed E-state index contributed by atoms with van der Waals surface area (Å²) in [6.07, 6.45) is -0.803. The van der Waals surface area contributed by atoms with Crippen LogP contribution >= 0.6 is 11.3 Å². The molecule has 0 aliphatic heterocycles. The van der Waals surface area contributed by atoms with Crippen molar-refractivity contribution >= 4 is 27.6 Å². The van der Waals surface area contributed by atoms with E-state index >= 15 is 0 Å². The number of ether oxygens (including phenoxy) is 1. The zero-order valence-corrected chi connectivity index (χ0v) is 8.30. The van der Waals surface area contributed by atoms with Gasteiger partial charge in [0.05, 0.1) is 15.7 Å². The van der Waals surface area contributed by atoms with Crippen LogP contribution in [0.5, 0.6) is 5.75 Å². The molecule has 1 aromatic heterocycles. The highest BCUT2D eigenvalue weighted by Crippen LogP contribution is 2.26. The normalized spacial score (nSPS) is 10.4. The molecule has 2 aromatic rings. The van der Waals surface area contributed by atoms with Crippen LogP contribution in [0, 0.1) is 6.92 Å². The molecule has 0 saturated carbocycles. The predicted molar refractivity (Wildman–Crippen MR) is 54.6 cm³/mol. The van der Waals surface area contributed by atoms with Gasteiger partial charge in [0.15, 0.2) is 0 Å². The quantitative estimate of drug-likeness (QED) is 0.780. The number of aryl methyl sites for hydroxylation is 1. The molecule has 0 fully saturated rings. The smallest absolute Gasteiger partial charge is 0.409 e. The molecule has 2 N–H and O–H groups in total. The highest BCUT2D eigenvalue weighted by Gasteiger charge is 2.06. The van der Waals surface area contributed by atoms with Crippen molar-refractivity contribution < 1.29 is 9.53 Å². The Hall–Kier alpha value is -1.62. The molecule has 72 valence electrons. The van der Waals surface area contributed by atoms with Crippen molar-refractivity contribution in [1.82, 2.24) is 4.98 Å². The Morgan fingerprint density at radius 1 is 1.57 bits per heavy atom. The van der Waals surface area contributed by atoms with Gasteiger partial charge in [-0.3, -0.25) is 0 Å². The lowest BCUT2D eigenvalue weighted by atomic mass is 10.2. The van der Waals surface area contributed by atoms with Crippen molar-refractivity contribution in [1.29, 1.82) is 0 Å². The largest absolute Gasteiger partial charge is 0.410 e. The van der Waals surface area contributed by atoms with Gasteiger partial charge in [-0.15, -0.1) is 11.3 Å². The van der Waals surface area contributed by atoms with Crippen molar-refractivity contribution in [3.05, 3.63) is 23.2 Å². The van der Waals surface area contributed by atoms with Crippen LogP contribution in [0.1, 0.15) is 5.56 Å². The van der Waals surface area contributed by atoms with E-state index in [1.807, 2.05) is 13.0 Å². The van der Waals surface area contributed by atoms with Gasteiger partial charge in [0.25, 0.3) is 0 Å². The van der Waals surface area contributed by atoms with Gasteiger partial charge in [-0.25, -0.2) is 9.78 Å². The number of fused-ring (bicyclic) bond motifs is 1. The van der Waals surface area contributed by atoms with Gasteiger partial charge in [0, 0.05) is 6.07 Å². The maximum absolute atomic E-state index is 10.6. The van der Waals surface area contributed by atoms with Gasteiger partial charge < -0.3 is 10.5 Å². The summed E-state index contributed by atoms with van der Waals surface area (Å²) < 4.78 is 5.89. The second kappa shape index (κ2) is 3.26. The number of carbonyl (C=O) groups is 1. The van der Waals surface area contributed by atoms with Crippen molar-refractivity contribution in [3.63, 3.8) is 0 Å². The van der Waals surface area contributed by atoms with Gasteiger partial charge in [-0.05, 0) is 18.6 Å². The molecule has 0 spiro atoms. The number of rotatable bonds is 1. The first kappa shape index (κ1) is 8.96. The molecule has 0 radical (unpaired) electrons. The number of benzene rings is 1. The standard InChI is InChI=1S/C9H8N2O2S/c1-5-2-8-6(11-4-14-8)3-7(5)13-9(10)12/h2-4H,1H3,(H2,10,12). The molecule has 0 aliphatic carbocycles. The number of nitrogens with zero attached hydrogens (tertiary/aromatic N) is 1. The number of hydrogen-bond acceptors (Lipinski definition) is 4. The molecular weight excluding hydrogens is 200 g/mol. The lowest BCUT2D eigenvalue weighted by Crippen LogP contribution is -2.16. The number of thiazole rings is 1. The molecule has 2 rings (SSSR count). The lowest BCUT2D eigenvalue weighted by molar-refractivity contribution is 0.210. The average Bonchev–Trinajstić information content (AvgIpc) is 2.51. The lowest BCUT2D eigenvalue weighted by Gasteiger charge is -2.03. The number of hydrogen-bond donors (Lipinski definition) is 1. The molecule has 0 unspecified atom stereocenters. The molecule has 0 bridgehead atoms.